The van der Waals surface area contributed by atoms with Crippen LogP contribution in [0.1, 0.15) is 38.5 Å². The van der Waals surface area contributed by atoms with Gasteiger partial charge in [0.1, 0.15) is 11.5 Å². The zero-order valence-electron chi connectivity index (χ0n) is 11.8. The van der Waals surface area contributed by atoms with Crippen LogP contribution in [0.5, 0.6) is 0 Å². The molecular formula is C14H21ClO6. The van der Waals surface area contributed by atoms with Gasteiger partial charge in [-0.3, -0.25) is 4.79 Å². The largest absolute Gasteiger partial charge is 0.454 e. The minimum absolute atomic E-state index is 0.224. The van der Waals surface area contributed by atoms with E-state index in [0.29, 0.717) is 19.3 Å². The van der Waals surface area contributed by atoms with E-state index >= 15 is 0 Å². The smallest absolute Gasteiger partial charge is 0.344 e. The number of hydrogen-bond donors (Lipinski definition) is 2. The number of carbonyl (C=O) groups excluding carboxylic acids is 2. The van der Waals surface area contributed by atoms with Crippen molar-refractivity contribution in [2.24, 2.45) is 5.92 Å². The summed E-state index contributed by atoms with van der Waals surface area (Å²) in [6.07, 6.45) is 4.01. The Hall–Kier alpha value is -0.850. The third-order valence-corrected chi connectivity index (χ3v) is 4.53. The number of alkyl halides is 1. The molecule has 0 amide bonds. The lowest BCUT2D eigenvalue weighted by molar-refractivity contribution is -0.198. The first-order valence-electron chi connectivity index (χ1n) is 7.17. The molecule has 0 spiro atoms. The van der Waals surface area contributed by atoms with Gasteiger partial charge in [-0.15, -0.1) is 11.6 Å². The highest BCUT2D eigenvalue weighted by atomic mass is 35.5. The lowest BCUT2D eigenvalue weighted by Crippen LogP contribution is -2.55. The molecule has 2 aliphatic carbocycles. The summed E-state index contributed by atoms with van der Waals surface area (Å²) in [6.45, 7) is -0.878. The van der Waals surface area contributed by atoms with E-state index in [1.807, 2.05) is 0 Å². The number of aliphatic hydroxyl groups is 2. The van der Waals surface area contributed by atoms with Gasteiger partial charge in [0.05, 0.1) is 12.2 Å². The highest BCUT2D eigenvalue weighted by Crippen LogP contribution is 2.48. The quantitative estimate of drug-likeness (QED) is 0.574. The fourth-order valence-electron chi connectivity index (χ4n) is 3.67. The number of fused-ring (bicyclic) bond motifs is 2. The van der Waals surface area contributed by atoms with E-state index in [0.717, 1.165) is 12.8 Å². The fourth-order valence-corrected chi connectivity index (χ4v) is 3.75. The van der Waals surface area contributed by atoms with Gasteiger partial charge < -0.3 is 19.7 Å². The summed E-state index contributed by atoms with van der Waals surface area (Å²) in [6, 6.07) is 0. The number of ether oxygens (including phenoxy) is 2. The number of rotatable bonds is 5. The molecule has 0 aromatic rings. The van der Waals surface area contributed by atoms with Gasteiger partial charge in [0.15, 0.2) is 6.61 Å². The van der Waals surface area contributed by atoms with Gasteiger partial charge in [-0.25, -0.2) is 4.79 Å². The van der Waals surface area contributed by atoms with Gasteiger partial charge >= 0.3 is 11.9 Å². The topological polar surface area (TPSA) is 93.1 Å². The van der Waals surface area contributed by atoms with Crippen molar-refractivity contribution in [2.45, 2.75) is 49.7 Å². The Morgan fingerprint density at radius 3 is 2.67 bits per heavy atom. The number of carbonyl (C=O) groups is 2. The van der Waals surface area contributed by atoms with Crippen LogP contribution in [0.2, 0.25) is 0 Å². The lowest BCUT2D eigenvalue weighted by atomic mass is 9.63. The molecule has 2 bridgehead atoms. The molecule has 0 heterocycles. The Balaban J connectivity index is 1.98. The molecule has 0 aromatic carbocycles. The van der Waals surface area contributed by atoms with Gasteiger partial charge in [0.2, 0.25) is 0 Å². The molecule has 3 atom stereocenters. The highest BCUT2D eigenvalue weighted by Gasteiger charge is 2.51. The van der Waals surface area contributed by atoms with E-state index in [2.05, 4.69) is 4.74 Å². The minimum atomic E-state index is -1.08. The molecule has 120 valence electrons. The summed E-state index contributed by atoms with van der Waals surface area (Å²) in [5.41, 5.74) is -1.96. The van der Waals surface area contributed by atoms with Crippen LogP contribution < -0.4 is 0 Å². The monoisotopic (exact) mass is 320 g/mol. The Labute approximate surface area is 128 Å². The third kappa shape index (κ3) is 4.08. The van der Waals surface area contributed by atoms with Crippen molar-refractivity contribution >= 4 is 23.5 Å². The molecule has 0 radical (unpaired) electrons. The second kappa shape index (κ2) is 6.50. The van der Waals surface area contributed by atoms with Crippen molar-refractivity contribution in [2.75, 3.05) is 19.1 Å². The third-order valence-electron chi connectivity index (χ3n) is 4.31. The predicted molar refractivity (Wildman–Crippen MR) is 73.7 cm³/mol. The number of aliphatic hydroxyl groups excluding tert-OH is 1. The Morgan fingerprint density at radius 1 is 1.29 bits per heavy atom. The maximum atomic E-state index is 11.8. The average Bonchev–Trinajstić information content (AvgIpc) is 2.43. The minimum Gasteiger partial charge on any atom is -0.454 e. The van der Waals surface area contributed by atoms with E-state index < -0.39 is 29.7 Å². The maximum absolute atomic E-state index is 11.8. The van der Waals surface area contributed by atoms with Crippen LogP contribution in [-0.2, 0) is 19.1 Å². The van der Waals surface area contributed by atoms with Crippen molar-refractivity contribution < 1.29 is 29.3 Å². The van der Waals surface area contributed by atoms with Crippen molar-refractivity contribution in [3.8, 4) is 0 Å². The lowest BCUT2D eigenvalue weighted by Gasteiger charge is -2.50. The molecular weight excluding hydrogens is 300 g/mol. The predicted octanol–water partition coefficient (Wildman–Crippen LogP) is 0.758. The first-order chi connectivity index (χ1) is 9.90. The van der Waals surface area contributed by atoms with Crippen molar-refractivity contribution in [1.29, 1.82) is 0 Å². The van der Waals surface area contributed by atoms with Crippen LogP contribution in [-0.4, -0.2) is 52.4 Å². The number of halogens is 1. The second-order valence-electron chi connectivity index (χ2n) is 6.18. The van der Waals surface area contributed by atoms with E-state index in [-0.39, 0.29) is 24.8 Å². The molecule has 2 N–H and O–H groups in total. The zero-order chi connectivity index (χ0) is 15.5. The highest BCUT2D eigenvalue weighted by molar-refractivity contribution is 6.26. The van der Waals surface area contributed by atoms with E-state index in [9.17, 15) is 19.8 Å². The molecule has 0 aromatic heterocycles. The molecule has 2 saturated carbocycles. The molecule has 0 saturated heterocycles. The first-order valence-corrected chi connectivity index (χ1v) is 7.70. The van der Waals surface area contributed by atoms with Crippen LogP contribution >= 0.6 is 11.6 Å². The van der Waals surface area contributed by atoms with Crippen LogP contribution in [0.4, 0.5) is 0 Å². The summed E-state index contributed by atoms with van der Waals surface area (Å²) < 4.78 is 9.97. The Bertz CT molecular complexity index is 414. The number of esters is 2. The second-order valence-corrected chi connectivity index (χ2v) is 6.44. The van der Waals surface area contributed by atoms with Crippen molar-refractivity contribution in [3.63, 3.8) is 0 Å². The summed E-state index contributed by atoms with van der Waals surface area (Å²) in [5, 5.41) is 20.2. The fraction of sp³-hybridized carbons (Fsp3) is 0.857. The molecule has 7 heteroatoms. The van der Waals surface area contributed by atoms with Gasteiger partial charge in [-0.2, -0.15) is 0 Å². The summed E-state index contributed by atoms with van der Waals surface area (Å²) in [7, 11) is 0. The summed E-state index contributed by atoms with van der Waals surface area (Å²) >= 11 is 5.27. The molecule has 2 rings (SSSR count). The molecule has 2 fully saturated rings. The number of hydrogen-bond acceptors (Lipinski definition) is 6. The Kier molecular flexibility index (Phi) is 5.11. The molecule has 3 unspecified atom stereocenters. The average molecular weight is 321 g/mol. The maximum Gasteiger partial charge on any atom is 0.344 e. The molecule has 0 aliphatic heterocycles. The zero-order valence-corrected chi connectivity index (χ0v) is 12.6. The summed E-state index contributed by atoms with van der Waals surface area (Å²) in [4.78, 5) is 22.7. The molecule has 21 heavy (non-hydrogen) atoms. The van der Waals surface area contributed by atoms with E-state index in [1.54, 1.807) is 0 Å². The van der Waals surface area contributed by atoms with Crippen molar-refractivity contribution in [1.82, 2.24) is 0 Å². The Morgan fingerprint density at radius 2 is 2.05 bits per heavy atom. The van der Waals surface area contributed by atoms with Crippen LogP contribution in [0.15, 0.2) is 0 Å². The van der Waals surface area contributed by atoms with Crippen LogP contribution in [0.25, 0.3) is 0 Å². The summed E-state index contributed by atoms with van der Waals surface area (Å²) in [5.74, 6) is -1.53. The normalized spacial score (nSPS) is 35.1. The first kappa shape index (κ1) is 16.5. The van der Waals surface area contributed by atoms with Crippen LogP contribution in [0, 0.1) is 5.92 Å². The van der Waals surface area contributed by atoms with Gasteiger partial charge in [0.25, 0.3) is 0 Å². The SMILES string of the molecule is O=C(CCl)OCC(=O)OC1(CO)CC2CCCC(O)(C2)C1. The van der Waals surface area contributed by atoms with E-state index in [1.165, 1.54) is 0 Å². The van der Waals surface area contributed by atoms with Crippen molar-refractivity contribution in [3.05, 3.63) is 0 Å². The standard InChI is InChI=1S/C14H21ClO6/c15-6-11(17)20-7-12(18)21-14(9-16)5-10-2-1-3-13(19,4-10)8-14/h10,16,19H,1-9H2. The van der Waals surface area contributed by atoms with Gasteiger partial charge in [-0.1, -0.05) is 12.8 Å². The molecule has 2 aliphatic rings. The van der Waals surface area contributed by atoms with Gasteiger partial charge in [-0.05, 0) is 25.2 Å². The van der Waals surface area contributed by atoms with Crippen LogP contribution in [0.3, 0.4) is 0 Å². The molecule has 6 nitrogen and oxygen atoms in total. The van der Waals surface area contributed by atoms with Gasteiger partial charge in [0, 0.05) is 6.42 Å². The van der Waals surface area contributed by atoms with E-state index in [4.69, 9.17) is 16.3 Å².